The van der Waals surface area contributed by atoms with Crippen molar-refractivity contribution < 1.29 is 4.74 Å². The van der Waals surface area contributed by atoms with Gasteiger partial charge in [0.1, 0.15) is 5.82 Å². The quantitative estimate of drug-likeness (QED) is 0.651. The van der Waals surface area contributed by atoms with Crippen LogP contribution >= 0.6 is 16.1 Å². The maximum Gasteiger partial charge on any atom is 0.174 e. The van der Waals surface area contributed by atoms with Crippen LogP contribution in [0.3, 0.4) is 0 Å². The molecule has 3 heterocycles. The van der Waals surface area contributed by atoms with Gasteiger partial charge in [-0.25, -0.2) is 8.61 Å². The molecule has 0 aliphatic carbocycles. The van der Waals surface area contributed by atoms with E-state index in [9.17, 15) is 0 Å². The number of anilines is 2. The van der Waals surface area contributed by atoms with Crippen LogP contribution in [0.2, 0.25) is 0 Å². The largest absolute Gasteiger partial charge is 0.356 e. The second-order valence-electron chi connectivity index (χ2n) is 5.70. The zero-order valence-electron chi connectivity index (χ0n) is 12.9. The van der Waals surface area contributed by atoms with Crippen molar-refractivity contribution in [2.45, 2.75) is 25.5 Å². The number of aryl methyl sites for hydroxylation is 1. The van der Waals surface area contributed by atoms with Crippen LogP contribution in [0.4, 0.5) is 11.6 Å². The number of rotatable bonds is 3. The number of nitrogens with zero attached hydrogens (tertiary/aromatic N) is 5. The fraction of sp³-hybridized carbons (Fsp3) is 0.375. The first kappa shape index (κ1) is 14.7. The van der Waals surface area contributed by atoms with Crippen LogP contribution in [0.15, 0.2) is 36.5 Å². The first-order valence-electron chi connectivity index (χ1n) is 7.78. The van der Waals surface area contributed by atoms with Crippen LogP contribution in [-0.2, 0) is 11.8 Å². The average Bonchev–Trinajstić information content (AvgIpc) is 3.19. The smallest absolute Gasteiger partial charge is 0.174 e. The third kappa shape index (κ3) is 2.53. The molecule has 0 N–H and O–H groups in total. The van der Waals surface area contributed by atoms with E-state index in [1.165, 1.54) is 6.42 Å². The lowest BCUT2D eigenvalue weighted by Crippen LogP contribution is -2.19. The maximum atomic E-state index is 5.93. The van der Waals surface area contributed by atoms with E-state index >= 15 is 0 Å². The van der Waals surface area contributed by atoms with Gasteiger partial charge in [0.05, 0.1) is 27.9 Å². The molecule has 2 aromatic heterocycles. The Labute approximate surface area is 143 Å². The highest BCUT2D eigenvalue weighted by Crippen LogP contribution is 2.36. The molecule has 0 spiro atoms. The molecule has 4 rings (SSSR count). The maximum absolute atomic E-state index is 5.93. The summed E-state index contributed by atoms with van der Waals surface area (Å²) in [6.45, 7) is 0.800. The van der Waals surface area contributed by atoms with Gasteiger partial charge in [-0.1, -0.05) is 12.1 Å². The summed E-state index contributed by atoms with van der Waals surface area (Å²) in [5, 5.41) is 10.1. The monoisotopic (exact) mass is 375 g/mol. The molecule has 1 aromatic carbocycles. The van der Waals surface area contributed by atoms with E-state index < -0.39 is 0 Å². The van der Waals surface area contributed by atoms with Crippen molar-refractivity contribution >= 4 is 38.7 Å². The molecule has 1 aliphatic heterocycles. The third-order valence-corrected chi connectivity index (χ3v) is 4.90. The summed E-state index contributed by atoms with van der Waals surface area (Å²) in [6.07, 6.45) is 5.08. The second-order valence-corrected chi connectivity index (χ2v) is 6.41. The Hall–Kier alpha value is -1.86. The molecular formula is C16H18BrN5O. The van der Waals surface area contributed by atoms with Gasteiger partial charge in [0.25, 0.3) is 0 Å². The molecule has 120 valence electrons. The zero-order chi connectivity index (χ0) is 15.8. The summed E-state index contributed by atoms with van der Waals surface area (Å²) >= 11 is 3.64. The van der Waals surface area contributed by atoms with E-state index in [0.29, 0.717) is 0 Å². The van der Waals surface area contributed by atoms with Crippen LogP contribution in [-0.4, -0.2) is 26.2 Å². The summed E-state index contributed by atoms with van der Waals surface area (Å²) in [5.41, 5.74) is 1.08. The average molecular weight is 376 g/mol. The lowest BCUT2D eigenvalue weighted by molar-refractivity contribution is -0.0365. The number of benzene rings is 1. The first-order chi connectivity index (χ1) is 11.3. The Morgan fingerprint density at radius 3 is 2.87 bits per heavy atom. The van der Waals surface area contributed by atoms with Crippen molar-refractivity contribution in [2.24, 2.45) is 7.05 Å². The van der Waals surface area contributed by atoms with E-state index in [0.717, 1.165) is 42.0 Å². The van der Waals surface area contributed by atoms with Crippen molar-refractivity contribution in [3.8, 4) is 0 Å². The predicted molar refractivity (Wildman–Crippen MR) is 92.8 cm³/mol. The Morgan fingerprint density at radius 2 is 2.13 bits per heavy atom. The van der Waals surface area contributed by atoms with Gasteiger partial charge in [-0.15, -0.1) is 0 Å². The van der Waals surface area contributed by atoms with Crippen molar-refractivity contribution in [3.05, 3.63) is 36.5 Å². The number of aromatic nitrogens is 4. The Morgan fingerprint density at radius 1 is 1.26 bits per heavy atom. The standard InChI is InChI=1S/C16H18BrN5O/c1-20-14(9-10-18-20)21(17)16-12-6-2-3-7-13(12)22(19-16)15-8-4-5-11-23-15/h2-3,6-7,9-10,15H,4-5,8,11H2,1H3. The zero-order valence-corrected chi connectivity index (χ0v) is 14.5. The molecule has 23 heavy (non-hydrogen) atoms. The van der Waals surface area contributed by atoms with Crippen molar-refractivity contribution in [1.29, 1.82) is 0 Å². The minimum Gasteiger partial charge on any atom is -0.356 e. The van der Waals surface area contributed by atoms with Gasteiger partial charge >= 0.3 is 0 Å². The number of fused-ring (bicyclic) bond motifs is 1. The highest BCUT2D eigenvalue weighted by atomic mass is 79.9. The van der Waals surface area contributed by atoms with E-state index in [1.807, 2.05) is 33.9 Å². The minimum atomic E-state index is 0.00911. The van der Waals surface area contributed by atoms with E-state index in [-0.39, 0.29) is 6.23 Å². The van der Waals surface area contributed by atoms with Crippen LogP contribution < -0.4 is 3.93 Å². The molecule has 1 unspecified atom stereocenters. The normalized spacial score (nSPS) is 18.4. The molecular weight excluding hydrogens is 358 g/mol. The van der Waals surface area contributed by atoms with Crippen LogP contribution in [0.5, 0.6) is 0 Å². The molecule has 1 saturated heterocycles. The van der Waals surface area contributed by atoms with Gasteiger partial charge in [-0.05, 0) is 31.4 Å². The summed E-state index contributed by atoms with van der Waals surface area (Å²) < 4.78 is 11.6. The topological polar surface area (TPSA) is 48.1 Å². The number of hydrogen-bond donors (Lipinski definition) is 0. The SMILES string of the molecule is Cn1nccc1N(Br)c1nn(C2CCCCO2)c2ccccc12. The molecule has 7 heteroatoms. The number of halogens is 1. The van der Waals surface area contributed by atoms with Crippen molar-refractivity contribution in [3.63, 3.8) is 0 Å². The van der Waals surface area contributed by atoms with Gasteiger partial charge < -0.3 is 4.74 Å². The van der Waals surface area contributed by atoms with Gasteiger partial charge in [0.15, 0.2) is 12.0 Å². The van der Waals surface area contributed by atoms with Crippen LogP contribution in [0.25, 0.3) is 10.9 Å². The molecule has 0 radical (unpaired) electrons. The fourth-order valence-electron chi connectivity index (χ4n) is 3.02. The molecule has 6 nitrogen and oxygen atoms in total. The van der Waals surface area contributed by atoms with Crippen molar-refractivity contribution in [1.82, 2.24) is 19.6 Å². The number of hydrogen-bond acceptors (Lipinski definition) is 4. The van der Waals surface area contributed by atoms with E-state index in [4.69, 9.17) is 9.84 Å². The molecule has 0 amide bonds. The van der Waals surface area contributed by atoms with Crippen molar-refractivity contribution in [2.75, 3.05) is 10.5 Å². The third-order valence-electron chi connectivity index (χ3n) is 4.20. The molecule has 1 fully saturated rings. The lowest BCUT2D eigenvalue weighted by atomic mass is 10.2. The summed E-state index contributed by atoms with van der Waals surface area (Å²) in [7, 11) is 1.91. The Balaban J connectivity index is 1.82. The highest BCUT2D eigenvalue weighted by molar-refractivity contribution is 9.10. The molecule has 3 aromatic rings. The summed E-state index contributed by atoms with van der Waals surface area (Å²) in [5.74, 6) is 1.77. The Bertz CT molecular complexity index is 821. The summed E-state index contributed by atoms with van der Waals surface area (Å²) in [4.78, 5) is 0. The number of ether oxygens (including phenoxy) is 1. The summed E-state index contributed by atoms with van der Waals surface area (Å²) in [6, 6.07) is 10.2. The van der Waals surface area contributed by atoms with Gasteiger partial charge in [0, 0.05) is 25.1 Å². The predicted octanol–water partition coefficient (Wildman–Crippen LogP) is 3.92. The molecule has 1 atom stereocenters. The van der Waals surface area contributed by atoms with E-state index in [1.54, 1.807) is 10.9 Å². The molecule has 0 bridgehead atoms. The highest BCUT2D eigenvalue weighted by Gasteiger charge is 2.23. The van der Waals surface area contributed by atoms with Crippen LogP contribution in [0, 0.1) is 0 Å². The van der Waals surface area contributed by atoms with Gasteiger partial charge in [0.2, 0.25) is 0 Å². The Kier molecular flexibility index (Phi) is 3.82. The lowest BCUT2D eigenvalue weighted by Gasteiger charge is -2.23. The molecule has 0 saturated carbocycles. The van der Waals surface area contributed by atoms with E-state index in [2.05, 4.69) is 33.4 Å². The van der Waals surface area contributed by atoms with Crippen LogP contribution in [0.1, 0.15) is 25.5 Å². The molecule has 1 aliphatic rings. The van der Waals surface area contributed by atoms with Gasteiger partial charge in [-0.3, -0.25) is 4.68 Å². The second kappa shape index (κ2) is 5.98. The minimum absolute atomic E-state index is 0.00911. The first-order valence-corrected chi connectivity index (χ1v) is 8.49. The fourth-order valence-corrected chi connectivity index (χ4v) is 3.63. The number of para-hydroxylation sites is 1. The van der Waals surface area contributed by atoms with Gasteiger partial charge in [-0.2, -0.15) is 10.2 Å².